The van der Waals surface area contributed by atoms with Crippen molar-refractivity contribution in [3.05, 3.63) is 0 Å². The van der Waals surface area contributed by atoms with Gasteiger partial charge in [0, 0.05) is 13.1 Å². The van der Waals surface area contributed by atoms with Gasteiger partial charge in [-0.2, -0.15) is 0 Å². The molecule has 5 nitrogen and oxygen atoms in total. The van der Waals surface area contributed by atoms with Crippen molar-refractivity contribution in [3.63, 3.8) is 0 Å². The number of hydrogen-bond acceptors (Lipinski definition) is 3. The molecule has 0 saturated carbocycles. The van der Waals surface area contributed by atoms with Crippen LogP contribution in [0.4, 0.5) is 4.79 Å². The van der Waals surface area contributed by atoms with E-state index in [0.29, 0.717) is 13.1 Å². The van der Waals surface area contributed by atoms with Crippen LogP contribution >= 0.6 is 0 Å². The first-order chi connectivity index (χ1) is 6.81. The molecule has 0 aromatic heterocycles. The summed E-state index contributed by atoms with van der Waals surface area (Å²) in [6.07, 6.45) is -0.426. The van der Waals surface area contributed by atoms with Crippen LogP contribution in [0, 0.1) is 0 Å². The second kappa shape index (κ2) is 4.08. The number of amides is 2. The molecule has 0 aromatic rings. The molecule has 1 rings (SSSR count). The van der Waals surface area contributed by atoms with Crippen LogP contribution in [0.2, 0.25) is 0 Å². The highest BCUT2D eigenvalue weighted by Gasteiger charge is 2.32. The first-order valence-corrected chi connectivity index (χ1v) is 5.08. The first-order valence-electron chi connectivity index (χ1n) is 5.08. The Hall–Kier alpha value is -1.26. The van der Waals surface area contributed by atoms with Crippen LogP contribution in [-0.4, -0.2) is 41.6 Å². The topological polar surface area (TPSA) is 58.6 Å². The van der Waals surface area contributed by atoms with Crippen molar-refractivity contribution in [1.82, 2.24) is 10.2 Å². The molecule has 86 valence electrons. The highest BCUT2D eigenvalue weighted by molar-refractivity contribution is 5.86. The van der Waals surface area contributed by atoms with Crippen LogP contribution in [0.15, 0.2) is 0 Å². The van der Waals surface area contributed by atoms with Crippen LogP contribution in [0.3, 0.4) is 0 Å². The summed E-state index contributed by atoms with van der Waals surface area (Å²) < 4.78 is 5.20. The van der Waals surface area contributed by atoms with E-state index in [-0.39, 0.29) is 5.91 Å². The van der Waals surface area contributed by atoms with Crippen molar-refractivity contribution < 1.29 is 14.3 Å². The Bertz CT molecular complexity index is 270. The molecule has 2 amide bonds. The van der Waals surface area contributed by atoms with Gasteiger partial charge >= 0.3 is 6.09 Å². The van der Waals surface area contributed by atoms with Gasteiger partial charge in [0.05, 0.1) is 0 Å². The zero-order chi connectivity index (χ0) is 11.6. The molecular formula is C10H18N2O3. The Balaban J connectivity index is 2.63. The average Bonchev–Trinajstić information content (AvgIpc) is 2.06. The highest BCUT2D eigenvalue weighted by Crippen LogP contribution is 2.13. The quantitative estimate of drug-likeness (QED) is 0.647. The Kier molecular flexibility index (Phi) is 3.21. The molecule has 1 fully saturated rings. The lowest BCUT2D eigenvalue weighted by Gasteiger charge is -2.34. The zero-order valence-corrected chi connectivity index (χ0v) is 9.66. The van der Waals surface area contributed by atoms with Crippen LogP contribution in [0.5, 0.6) is 0 Å². The third-order valence-corrected chi connectivity index (χ3v) is 2.13. The smallest absolute Gasteiger partial charge is 0.411 e. The van der Waals surface area contributed by atoms with E-state index in [9.17, 15) is 9.59 Å². The van der Waals surface area contributed by atoms with E-state index in [2.05, 4.69) is 5.32 Å². The maximum Gasteiger partial charge on any atom is 0.411 e. The lowest BCUT2D eigenvalue weighted by molar-refractivity contribution is -0.128. The second-order valence-electron chi connectivity index (χ2n) is 4.64. The van der Waals surface area contributed by atoms with Gasteiger partial charge in [0.1, 0.15) is 11.6 Å². The van der Waals surface area contributed by atoms with Gasteiger partial charge in [-0.05, 0) is 27.7 Å². The summed E-state index contributed by atoms with van der Waals surface area (Å²) in [5.41, 5.74) is -0.523. The molecule has 0 unspecified atom stereocenters. The third kappa shape index (κ3) is 3.11. The molecule has 1 atom stereocenters. The lowest BCUT2D eigenvalue weighted by atomic mass is 10.2. The molecule has 1 heterocycles. The SMILES string of the molecule is C[C@@H]1C(=O)NCCN1C(=O)OC(C)(C)C. The van der Waals surface area contributed by atoms with E-state index in [1.165, 1.54) is 4.90 Å². The van der Waals surface area contributed by atoms with Gasteiger partial charge in [0.15, 0.2) is 0 Å². The molecule has 0 radical (unpaired) electrons. The van der Waals surface area contributed by atoms with Crippen molar-refractivity contribution in [3.8, 4) is 0 Å². The number of hydrogen-bond donors (Lipinski definition) is 1. The zero-order valence-electron chi connectivity index (χ0n) is 9.66. The van der Waals surface area contributed by atoms with E-state index in [1.807, 2.05) is 0 Å². The maximum atomic E-state index is 11.7. The van der Waals surface area contributed by atoms with Crippen LogP contribution in [0.25, 0.3) is 0 Å². The average molecular weight is 214 g/mol. The number of nitrogens with one attached hydrogen (secondary N) is 1. The summed E-state index contributed by atoms with van der Waals surface area (Å²) in [5, 5.41) is 2.69. The minimum absolute atomic E-state index is 0.132. The fraction of sp³-hybridized carbons (Fsp3) is 0.800. The van der Waals surface area contributed by atoms with Gasteiger partial charge < -0.3 is 10.1 Å². The highest BCUT2D eigenvalue weighted by atomic mass is 16.6. The van der Waals surface area contributed by atoms with Gasteiger partial charge in [-0.15, -0.1) is 0 Å². The van der Waals surface area contributed by atoms with Crippen LogP contribution < -0.4 is 5.32 Å². The minimum Gasteiger partial charge on any atom is -0.444 e. The molecule has 1 aliphatic rings. The number of rotatable bonds is 0. The number of ether oxygens (including phenoxy) is 1. The minimum atomic E-state index is -0.523. The van der Waals surface area contributed by atoms with Gasteiger partial charge in [-0.3, -0.25) is 9.69 Å². The second-order valence-corrected chi connectivity index (χ2v) is 4.64. The summed E-state index contributed by atoms with van der Waals surface area (Å²) in [5.74, 6) is -0.132. The number of nitrogens with zero attached hydrogens (tertiary/aromatic N) is 1. The molecule has 0 aliphatic carbocycles. The number of carbonyl (C=O) groups is 2. The van der Waals surface area contributed by atoms with Gasteiger partial charge in [-0.25, -0.2) is 4.79 Å². The predicted molar refractivity (Wildman–Crippen MR) is 55.4 cm³/mol. The van der Waals surface area contributed by atoms with Gasteiger partial charge in [0.25, 0.3) is 0 Å². The third-order valence-electron chi connectivity index (χ3n) is 2.13. The normalized spacial score (nSPS) is 22.3. The van der Waals surface area contributed by atoms with Crippen molar-refractivity contribution in [2.24, 2.45) is 0 Å². The summed E-state index contributed by atoms with van der Waals surface area (Å²) in [6.45, 7) is 8.10. The number of carbonyl (C=O) groups excluding carboxylic acids is 2. The van der Waals surface area contributed by atoms with Crippen LogP contribution in [0.1, 0.15) is 27.7 Å². The Morgan fingerprint density at radius 1 is 1.53 bits per heavy atom. The fourth-order valence-electron chi connectivity index (χ4n) is 1.35. The van der Waals surface area contributed by atoms with Gasteiger partial charge in [-0.1, -0.05) is 0 Å². The molecule has 0 aromatic carbocycles. The van der Waals surface area contributed by atoms with E-state index in [1.54, 1.807) is 27.7 Å². The van der Waals surface area contributed by atoms with E-state index < -0.39 is 17.7 Å². The first kappa shape index (κ1) is 11.8. The monoisotopic (exact) mass is 214 g/mol. The molecule has 1 aliphatic heterocycles. The fourth-order valence-corrected chi connectivity index (χ4v) is 1.35. The van der Waals surface area contributed by atoms with Crippen LogP contribution in [-0.2, 0) is 9.53 Å². The van der Waals surface area contributed by atoms with E-state index in [4.69, 9.17) is 4.74 Å². The largest absolute Gasteiger partial charge is 0.444 e. The summed E-state index contributed by atoms with van der Waals surface area (Å²) in [4.78, 5) is 24.5. The summed E-state index contributed by atoms with van der Waals surface area (Å²) in [6, 6.07) is -0.450. The molecular weight excluding hydrogens is 196 g/mol. The Labute approximate surface area is 89.8 Å². The van der Waals surface area contributed by atoms with Crippen molar-refractivity contribution >= 4 is 12.0 Å². The molecule has 5 heteroatoms. The van der Waals surface area contributed by atoms with E-state index in [0.717, 1.165) is 0 Å². The van der Waals surface area contributed by atoms with Crippen molar-refractivity contribution in [1.29, 1.82) is 0 Å². The summed E-state index contributed by atoms with van der Waals surface area (Å²) >= 11 is 0. The molecule has 1 saturated heterocycles. The molecule has 0 spiro atoms. The van der Waals surface area contributed by atoms with Gasteiger partial charge in [0.2, 0.25) is 5.91 Å². The van der Waals surface area contributed by atoms with Crippen molar-refractivity contribution in [2.45, 2.75) is 39.3 Å². The predicted octanol–water partition coefficient (Wildman–Crippen LogP) is 0.742. The number of piperazine rings is 1. The summed E-state index contributed by atoms with van der Waals surface area (Å²) in [7, 11) is 0. The standard InChI is InChI=1S/C10H18N2O3/c1-7-8(13)11-5-6-12(7)9(14)15-10(2,3)4/h7H,5-6H2,1-4H3,(H,11,13)/t7-/m1/s1. The maximum absolute atomic E-state index is 11.7. The Morgan fingerprint density at radius 3 is 2.67 bits per heavy atom. The Morgan fingerprint density at radius 2 is 2.13 bits per heavy atom. The van der Waals surface area contributed by atoms with E-state index >= 15 is 0 Å². The molecule has 0 bridgehead atoms. The lowest BCUT2D eigenvalue weighted by Crippen LogP contribution is -2.56. The molecule has 15 heavy (non-hydrogen) atoms. The van der Waals surface area contributed by atoms with Crippen molar-refractivity contribution in [2.75, 3.05) is 13.1 Å². The molecule has 1 N–H and O–H groups in total.